The van der Waals surface area contributed by atoms with Crippen molar-refractivity contribution < 1.29 is 13.6 Å². The van der Waals surface area contributed by atoms with Crippen LogP contribution < -0.4 is 0 Å². The van der Waals surface area contributed by atoms with Crippen molar-refractivity contribution in [3.63, 3.8) is 0 Å². The van der Waals surface area contributed by atoms with Crippen LogP contribution in [0.15, 0.2) is 54.6 Å². The zero-order valence-electron chi connectivity index (χ0n) is 10.6. The molecule has 0 aliphatic heterocycles. The highest BCUT2D eigenvalue weighted by molar-refractivity contribution is 6.30. The molecule has 0 spiro atoms. The van der Waals surface area contributed by atoms with Crippen LogP contribution in [0.2, 0.25) is 5.02 Å². The molecule has 0 aromatic heterocycles. The number of hydrogen-bond donors (Lipinski definition) is 0. The first kappa shape index (κ1) is 14.7. The summed E-state index contributed by atoms with van der Waals surface area (Å²) in [6.45, 7) is 0. The van der Waals surface area contributed by atoms with E-state index in [-0.39, 0.29) is 5.78 Å². The van der Waals surface area contributed by atoms with Gasteiger partial charge in [-0.25, -0.2) is 8.78 Å². The number of carbonyl (C=O) groups is 1. The first-order chi connectivity index (χ1) is 9.58. The predicted molar refractivity (Wildman–Crippen MR) is 75.6 cm³/mol. The summed E-state index contributed by atoms with van der Waals surface area (Å²) in [5.41, 5.74) is 0.997. The Hall–Kier alpha value is -1.74. The lowest BCUT2D eigenvalue weighted by Gasteiger charge is -2.16. The van der Waals surface area contributed by atoms with Gasteiger partial charge in [0.1, 0.15) is 0 Å². The highest BCUT2D eigenvalue weighted by Crippen LogP contribution is 2.28. The quantitative estimate of drug-likeness (QED) is 0.712. The van der Waals surface area contributed by atoms with Crippen LogP contribution in [0.5, 0.6) is 0 Å². The number of ketones is 1. The van der Waals surface area contributed by atoms with E-state index < -0.39 is 18.8 Å². The summed E-state index contributed by atoms with van der Waals surface area (Å²) in [6, 6.07) is 14.9. The minimum Gasteiger partial charge on any atom is -0.293 e. The fourth-order valence-electron chi connectivity index (χ4n) is 2.07. The van der Waals surface area contributed by atoms with Crippen molar-refractivity contribution in [1.82, 2.24) is 0 Å². The Labute approximate surface area is 121 Å². The van der Waals surface area contributed by atoms with Crippen LogP contribution in [0, 0.1) is 0 Å². The van der Waals surface area contributed by atoms with Gasteiger partial charge < -0.3 is 0 Å². The van der Waals surface area contributed by atoms with Crippen LogP contribution in [-0.4, -0.2) is 12.2 Å². The molecule has 20 heavy (non-hydrogen) atoms. The maximum absolute atomic E-state index is 12.7. The van der Waals surface area contributed by atoms with E-state index in [1.807, 2.05) is 0 Å². The average Bonchev–Trinajstić information content (AvgIpc) is 2.46. The van der Waals surface area contributed by atoms with E-state index in [9.17, 15) is 13.6 Å². The molecule has 1 nitrogen and oxygen atoms in total. The Bertz CT molecular complexity index is 567. The molecule has 0 amide bonds. The zero-order valence-corrected chi connectivity index (χ0v) is 11.4. The topological polar surface area (TPSA) is 17.1 Å². The zero-order chi connectivity index (χ0) is 14.5. The summed E-state index contributed by atoms with van der Waals surface area (Å²) in [6.07, 6.45) is -3.03. The molecule has 0 bridgehead atoms. The standard InChI is InChI=1S/C16H13ClF2O/c17-13-8-6-11(7-9-13)14(10-15(18)19)16(20)12-4-2-1-3-5-12/h1-9,14-15H,10H2. The van der Waals surface area contributed by atoms with Crippen LogP contribution in [0.3, 0.4) is 0 Å². The minimum atomic E-state index is -2.54. The van der Waals surface area contributed by atoms with Gasteiger partial charge in [0, 0.05) is 17.0 Å². The van der Waals surface area contributed by atoms with E-state index in [0.29, 0.717) is 16.1 Å². The van der Waals surface area contributed by atoms with Gasteiger partial charge in [-0.1, -0.05) is 54.1 Å². The highest BCUT2D eigenvalue weighted by Gasteiger charge is 2.25. The third-order valence-electron chi connectivity index (χ3n) is 3.06. The molecule has 2 rings (SSSR count). The fraction of sp³-hybridized carbons (Fsp3) is 0.188. The molecule has 0 heterocycles. The SMILES string of the molecule is O=C(c1ccccc1)C(CC(F)F)c1ccc(Cl)cc1. The molecule has 4 heteroatoms. The molecule has 2 aromatic carbocycles. The van der Waals surface area contributed by atoms with Gasteiger partial charge in [-0.3, -0.25) is 4.79 Å². The molecule has 0 N–H and O–H groups in total. The Morgan fingerprint density at radius 3 is 2.15 bits per heavy atom. The lowest BCUT2D eigenvalue weighted by Crippen LogP contribution is -2.16. The first-order valence-corrected chi connectivity index (χ1v) is 6.58. The van der Waals surface area contributed by atoms with Gasteiger partial charge in [0.15, 0.2) is 5.78 Å². The number of alkyl halides is 2. The summed E-state index contributed by atoms with van der Waals surface area (Å²) >= 11 is 5.79. The Balaban J connectivity index is 2.32. The third-order valence-corrected chi connectivity index (χ3v) is 3.31. The molecule has 1 atom stereocenters. The molecule has 0 saturated heterocycles. The summed E-state index contributed by atoms with van der Waals surface area (Å²) in [7, 11) is 0. The summed E-state index contributed by atoms with van der Waals surface area (Å²) < 4.78 is 25.5. The van der Waals surface area contributed by atoms with E-state index in [1.165, 1.54) is 0 Å². The lowest BCUT2D eigenvalue weighted by molar-refractivity contribution is 0.0861. The third kappa shape index (κ3) is 3.64. The van der Waals surface area contributed by atoms with E-state index in [0.717, 1.165) is 0 Å². The van der Waals surface area contributed by atoms with Crippen molar-refractivity contribution in [2.24, 2.45) is 0 Å². The Morgan fingerprint density at radius 1 is 1.00 bits per heavy atom. The molecule has 0 saturated carbocycles. The second-order valence-corrected chi connectivity index (χ2v) is 4.90. The van der Waals surface area contributed by atoms with Gasteiger partial charge in [-0.2, -0.15) is 0 Å². The van der Waals surface area contributed by atoms with Crippen molar-refractivity contribution >= 4 is 17.4 Å². The van der Waals surface area contributed by atoms with Gasteiger partial charge in [0.25, 0.3) is 0 Å². The van der Waals surface area contributed by atoms with E-state index in [2.05, 4.69) is 0 Å². The maximum Gasteiger partial charge on any atom is 0.239 e. The number of halogens is 3. The van der Waals surface area contributed by atoms with Crippen LogP contribution in [0.1, 0.15) is 28.3 Å². The van der Waals surface area contributed by atoms with E-state index >= 15 is 0 Å². The van der Waals surface area contributed by atoms with Gasteiger partial charge in [-0.05, 0) is 17.7 Å². The van der Waals surface area contributed by atoms with Crippen molar-refractivity contribution in [1.29, 1.82) is 0 Å². The monoisotopic (exact) mass is 294 g/mol. The summed E-state index contributed by atoms with van der Waals surface area (Å²) in [5, 5.41) is 0.511. The second-order valence-electron chi connectivity index (χ2n) is 4.46. The number of Topliss-reactive ketones (excluding diaryl/α,β-unsaturated/α-hetero) is 1. The minimum absolute atomic E-state index is 0.298. The Morgan fingerprint density at radius 2 is 1.60 bits per heavy atom. The largest absolute Gasteiger partial charge is 0.293 e. The number of benzene rings is 2. The number of rotatable bonds is 5. The number of carbonyl (C=O) groups excluding carboxylic acids is 1. The first-order valence-electron chi connectivity index (χ1n) is 6.21. The number of hydrogen-bond acceptors (Lipinski definition) is 1. The van der Waals surface area contributed by atoms with Gasteiger partial charge in [0.2, 0.25) is 6.43 Å². The molecule has 0 fully saturated rings. The fourth-order valence-corrected chi connectivity index (χ4v) is 2.20. The highest BCUT2D eigenvalue weighted by atomic mass is 35.5. The van der Waals surface area contributed by atoms with Gasteiger partial charge in [0.05, 0.1) is 5.92 Å². The molecule has 0 radical (unpaired) electrons. The van der Waals surface area contributed by atoms with E-state index in [1.54, 1.807) is 54.6 Å². The Kier molecular flexibility index (Phi) is 4.85. The van der Waals surface area contributed by atoms with Crippen LogP contribution >= 0.6 is 11.6 Å². The molecular weight excluding hydrogens is 282 g/mol. The van der Waals surface area contributed by atoms with Crippen molar-refractivity contribution in [2.45, 2.75) is 18.8 Å². The molecule has 1 unspecified atom stereocenters. The molecule has 0 aliphatic rings. The predicted octanol–water partition coefficient (Wildman–Crippen LogP) is 4.96. The molecule has 0 aliphatic carbocycles. The van der Waals surface area contributed by atoms with E-state index in [4.69, 9.17) is 11.6 Å². The van der Waals surface area contributed by atoms with Gasteiger partial charge >= 0.3 is 0 Å². The smallest absolute Gasteiger partial charge is 0.239 e. The molecule has 2 aromatic rings. The van der Waals surface area contributed by atoms with Crippen molar-refractivity contribution in [3.8, 4) is 0 Å². The summed E-state index contributed by atoms with van der Waals surface area (Å²) in [5.74, 6) is -1.15. The van der Waals surface area contributed by atoms with Gasteiger partial charge in [-0.15, -0.1) is 0 Å². The van der Waals surface area contributed by atoms with Crippen LogP contribution in [-0.2, 0) is 0 Å². The lowest BCUT2D eigenvalue weighted by atomic mass is 9.88. The van der Waals surface area contributed by atoms with Crippen molar-refractivity contribution in [3.05, 3.63) is 70.7 Å². The molecular formula is C16H13ClF2O. The van der Waals surface area contributed by atoms with Crippen LogP contribution in [0.4, 0.5) is 8.78 Å². The average molecular weight is 295 g/mol. The normalized spacial score (nSPS) is 12.4. The second kappa shape index (κ2) is 6.62. The molecule has 104 valence electrons. The van der Waals surface area contributed by atoms with Crippen molar-refractivity contribution in [2.75, 3.05) is 0 Å². The summed E-state index contributed by atoms with van der Waals surface area (Å²) in [4.78, 5) is 12.4. The van der Waals surface area contributed by atoms with Crippen LogP contribution in [0.25, 0.3) is 0 Å². The maximum atomic E-state index is 12.7.